The second kappa shape index (κ2) is 2.98. The molecular weight excluding hydrogens is 180 g/mol. The molecule has 0 aliphatic heterocycles. The highest BCUT2D eigenvalue weighted by Crippen LogP contribution is 2.42. The van der Waals surface area contributed by atoms with Crippen LogP contribution in [-0.4, -0.2) is 9.55 Å². The molecule has 0 atom stereocenters. The third-order valence-corrected chi connectivity index (χ3v) is 3.60. The van der Waals surface area contributed by atoms with E-state index in [-0.39, 0.29) is 0 Å². The van der Waals surface area contributed by atoms with Crippen LogP contribution in [0.3, 0.4) is 0 Å². The molecule has 0 unspecified atom stereocenters. The first-order chi connectivity index (χ1) is 6.18. The van der Waals surface area contributed by atoms with Gasteiger partial charge in [-0.25, -0.2) is 0 Å². The summed E-state index contributed by atoms with van der Waals surface area (Å²) in [7, 11) is 0. The molecule has 0 amide bonds. The zero-order valence-electron chi connectivity index (χ0n) is 8.26. The Labute approximate surface area is 84.0 Å². The molecule has 1 saturated carbocycles. The topological polar surface area (TPSA) is 20.7 Å². The summed E-state index contributed by atoms with van der Waals surface area (Å²) in [6.45, 7) is 4.32. The number of rotatable bonds is 2. The third kappa shape index (κ3) is 1.26. The molecule has 3 heteroatoms. The van der Waals surface area contributed by atoms with Gasteiger partial charge in [0, 0.05) is 17.4 Å². The fourth-order valence-electron chi connectivity index (χ4n) is 2.22. The van der Waals surface area contributed by atoms with Crippen molar-refractivity contribution in [1.29, 1.82) is 0 Å². The number of nitrogens with zero attached hydrogens (tertiary/aromatic N) is 1. The Hall–Kier alpha value is -0.570. The van der Waals surface area contributed by atoms with Crippen molar-refractivity contribution in [2.24, 2.45) is 0 Å². The quantitative estimate of drug-likeness (QED) is 0.721. The number of aryl methyl sites for hydroxylation is 1. The average molecular weight is 196 g/mol. The zero-order chi connectivity index (χ0) is 9.47. The lowest BCUT2D eigenvalue weighted by Crippen LogP contribution is -2.39. The first-order valence-corrected chi connectivity index (χ1v) is 5.37. The number of aromatic amines is 1. The molecule has 0 saturated heterocycles. The van der Waals surface area contributed by atoms with Crippen LogP contribution in [0.1, 0.15) is 38.3 Å². The van der Waals surface area contributed by atoms with Gasteiger partial charge in [0.05, 0.1) is 0 Å². The number of H-pyrrole nitrogens is 1. The van der Waals surface area contributed by atoms with Gasteiger partial charge in [-0.15, -0.1) is 0 Å². The smallest absolute Gasteiger partial charge is 0.177 e. The lowest BCUT2D eigenvalue weighted by atomic mass is 9.74. The summed E-state index contributed by atoms with van der Waals surface area (Å²) >= 11 is 5.29. The van der Waals surface area contributed by atoms with Gasteiger partial charge in [-0.05, 0) is 44.8 Å². The first kappa shape index (κ1) is 9.00. The van der Waals surface area contributed by atoms with E-state index in [1.807, 2.05) is 0 Å². The van der Waals surface area contributed by atoms with Crippen molar-refractivity contribution in [2.45, 2.75) is 45.1 Å². The molecule has 0 bridgehead atoms. The number of hydrogen-bond donors (Lipinski definition) is 1. The van der Waals surface area contributed by atoms with Crippen LogP contribution in [0.5, 0.6) is 0 Å². The highest BCUT2D eigenvalue weighted by atomic mass is 32.1. The van der Waals surface area contributed by atoms with Crippen LogP contribution < -0.4 is 0 Å². The Morgan fingerprint density at radius 2 is 2.31 bits per heavy atom. The SMILES string of the molecule is CCC1(n2cc(C)[nH]c2=S)CCC1. The molecule has 0 spiro atoms. The number of aromatic nitrogens is 2. The second-order valence-electron chi connectivity index (χ2n) is 4.04. The standard InChI is InChI=1S/C10H16N2S/c1-3-10(5-4-6-10)12-7-8(2)11-9(12)13/h7H,3-6H2,1-2H3,(H,11,13). The van der Waals surface area contributed by atoms with Crippen molar-refractivity contribution in [3.8, 4) is 0 Å². The van der Waals surface area contributed by atoms with E-state index in [0.29, 0.717) is 5.54 Å². The molecule has 72 valence electrons. The van der Waals surface area contributed by atoms with Crippen molar-refractivity contribution in [3.63, 3.8) is 0 Å². The molecule has 0 radical (unpaired) electrons. The molecule has 1 fully saturated rings. The molecule has 0 aromatic carbocycles. The molecule has 1 aromatic rings. The van der Waals surface area contributed by atoms with Crippen molar-refractivity contribution < 1.29 is 0 Å². The van der Waals surface area contributed by atoms with Gasteiger partial charge in [0.2, 0.25) is 0 Å². The van der Waals surface area contributed by atoms with Crippen molar-refractivity contribution in [1.82, 2.24) is 9.55 Å². The average Bonchev–Trinajstić information content (AvgIpc) is 2.30. The van der Waals surface area contributed by atoms with Crippen LogP contribution in [0.4, 0.5) is 0 Å². The van der Waals surface area contributed by atoms with Gasteiger partial charge in [-0.2, -0.15) is 0 Å². The van der Waals surface area contributed by atoms with Gasteiger partial charge in [0.1, 0.15) is 0 Å². The van der Waals surface area contributed by atoms with E-state index < -0.39 is 0 Å². The van der Waals surface area contributed by atoms with Gasteiger partial charge < -0.3 is 9.55 Å². The van der Waals surface area contributed by atoms with Gasteiger partial charge in [-0.3, -0.25) is 0 Å². The summed E-state index contributed by atoms with van der Waals surface area (Å²) in [5, 5.41) is 0. The Morgan fingerprint density at radius 1 is 1.62 bits per heavy atom. The molecule has 2 rings (SSSR count). The Bertz CT molecular complexity index is 352. The van der Waals surface area contributed by atoms with E-state index in [0.717, 1.165) is 4.77 Å². The Kier molecular flexibility index (Phi) is 2.06. The number of nitrogens with one attached hydrogen (secondary N) is 1. The molecule has 13 heavy (non-hydrogen) atoms. The van der Waals surface area contributed by atoms with E-state index in [1.165, 1.54) is 31.4 Å². The maximum absolute atomic E-state index is 5.29. The van der Waals surface area contributed by atoms with E-state index >= 15 is 0 Å². The van der Waals surface area contributed by atoms with Crippen LogP contribution in [0.15, 0.2) is 6.20 Å². The van der Waals surface area contributed by atoms with Gasteiger partial charge in [0.25, 0.3) is 0 Å². The zero-order valence-corrected chi connectivity index (χ0v) is 9.08. The summed E-state index contributed by atoms with van der Waals surface area (Å²) in [6, 6.07) is 0. The van der Waals surface area contributed by atoms with Crippen molar-refractivity contribution in [3.05, 3.63) is 16.7 Å². The first-order valence-electron chi connectivity index (χ1n) is 4.97. The largest absolute Gasteiger partial charge is 0.335 e. The van der Waals surface area contributed by atoms with E-state index in [4.69, 9.17) is 12.2 Å². The molecule has 1 aliphatic rings. The summed E-state index contributed by atoms with van der Waals surface area (Å²) in [5.41, 5.74) is 1.52. The molecule has 1 aromatic heterocycles. The number of hydrogen-bond acceptors (Lipinski definition) is 1. The monoisotopic (exact) mass is 196 g/mol. The predicted molar refractivity (Wildman–Crippen MR) is 56.5 cm³/mol. The highest BCUT2D eigenvalue weighted by molar-refractivity contribution is 7.71. The normalized spacial score (nSPS) is 19.8. The lowest BCUT2D eigenvalue weighted by molar-refractivity contribution is 0.134. The van der Waals surface area contributed by atoms with Gasteiger partial charge >= 0.3 is 0 Å². The maximum Gasteiger partial charge on any atom is 0.177 e. The molecule has 1 N–H and O–H groups in total. The fourth-order valence-corrected chi connectivity index (χ4v) is 2.62. The van der Waals surface area contributed by atoms with E-state index in [1.54, 1.807) is 0 Å². The van der Waals surface area contributed by atoms with E-state index in [9.17, 15) is 0 Å². The minimum atomic E-state index is 0.349. The molecular formula is C10H16N2S. The van der Waals surface area contributed by atoms with Crippen molar-refractivity contribution in [2.75, 3.05) is 0 Å². The summed E-state index contributed by atoms with van der Waals surface area (Å²) in [4.78, 5) is 3.19. The summed E-state index contributed by atoms with van der Waals surface area (Å²) in [6.07, 6.45) is 7.27. The van der Waals surface area contributed by atoms with Crippen LogP contribution >= 0.6 is 12.2 Å². The van der Waals surface area contributed by atoms with Crippen LogP contribution in [0, 0.1) is 11.7 Å². The lowest BCUT2D eigenvalue weighted by Gasteiger charge is -2.42. The molecule has 2 nitrogen and oxygen atoms in total. The summed E-state index contributed by atoms with van der Waals surface area (Å²) in [5.74, 6) is 0. The highest BCUT2D eigenvalue weighted by Gasteiger charge is 2.37. The maximum atomic E-state index is 5.29. The Balaban J connectivity index is 2.43. The van der Waals surface area contributed by atoms with Crippen molar-refractivity contribution >= 4 is 12.2 Å². The van der Waals surface area contributed by atoms with E-state index in [2.05, 4.69) is 29.6 Å². The minimum absolute atomic E-state index is 0.349. The number of imidazole rings is 1. The third-order valence-electron chi connectivity index (χ3n) is 3.30. The van der Waals surface area contributed by atoms with Gasteiger partial charge in [-0.1, -0.05) is 6.92 Å². The fraction of sp³-hybridized carbons (Fsp3) is 0.700. The van der Waals surface area contributed by atoms with Crippen LogP contribution in [0.25, 0.3) is 0 Å². The Morgan fingerprint density at radius 3 is 2.62 bits per heavy atom. The minimum Gasteiger partial charge on any atom is -0.335 e. The second-order valence-corrected chi connectivity index (χ2v) is 4.43. The predicted octanol–water partition coefficient (Wildman–Crippen LogP) is 3.14. The molecule has 1 heterocycles. The summed E-state index contributed by atoms with van der Waals surface area (Å²) < 4.78 is 3.15. The van der Waals surface area contributed by atoms with Gasteiger partial charge in [0.15, 0.2) is 4.77 Å². The van der Waals surface area contributed by atoms with Crippen LogP contribution in [-0.2, 0) is 5.54 Å². The van der Waals surface area contributed by atoms with Crippen LogP contribution in [0.2, 0.25) is 0 Å². The molecule has 1 aliphatic carbocycles.